The van der Waals surface area contributed by atoms with E-state index < -0.39 is 11.5 Å². The van der Waals surface area contributed by atoms with E-state index in [1.54, 1.807) is 0 Å². The molecule has 0 spiro atoms. The maximum Gasteiger partial charge on any atom is 0.323 e. The minimum Gasteiger partial charge on any atom is -0.480 e. The van der Waals surface area contributed by atoms with Gasteiger partial charge in [0.15, 0.2) is 0 Å². The minimum atomic E-state index is -0.809. The first-order valence-electron chi connectivity index (χ1n) is 8.23. The molecule has 0 aromatic carbocycles. The van der Waals surface area contributed by atoms with Crippen LogP contribution in [0.25, 0.3) is 0 Å². The van der Waals surface area contributed by atoms with Crippen LogP contribution in [0.4, 0.5) is 0 Å². The summed E-state index contributed by atoms with van der Waals surface area (Å²) in [5.74, 6) is -0.729. The SMILES string of the molecule is CC(CC(C)(NC1CC1)C(=O)O)N(C)CC1CCCN1C. The van der Waals surface area contributed by atoms with Crippen LogP contribution in [0.1, 0.15) is 46.0 Å². The van der Waals surface area contributed by atoms with Crippen molar-refractivity contribution in [2.75, 3.05) is 27.2 Å². The van der Waals surface area contributed by atoms with Gasteiger partial charge in [-0.3, -0.25) is 10.1 Å². The molecule has 3 atom stereocenters. The van der Waals surface area contributed by atoms with Crippen molar-refractivity contribution in [3.8, 4) is 0 Å². The van der Waals surface area contributed by atoms with Gasteiger partial charge in [0.25, 0.3) is 0 Å². The highest BCUT2D eigenvalue weighted by molar-refractivity contribution is 5.78. The molecule has 2 rings (SSSR count). The number of nitrogens with zero attached hydrogens (tertiary/aromatic N) is 2. The summed E-state index contributed by atoms with van der Waals surface area (Å²) in [6.45, 7) is 6.18. The second-order valence-electron chi connectivity index (χ2n) is 7.33. The second-order valence-corrected chi connectivity index (χ2v) is 7.33. The van der Waals surface area contributed by atoms with Gasteiger partial charge in [-0.2, -0.15) is 0 Å². The van der Waals surface area contributed by atoms with Crippen LogP contribution in [0.2, 0.25) is 0 Å². The number of nitrogens with one attached hydrogen (secondary N) is 1. The number of likely N-dealkylation sites (tertiary alicyclic amines) is 1. The van der Waals surface area contributed by atoms with Gasteiger partial charge in [-0.15, -0.1) is 0 Å². The largest absolute Gasteiger partial charge is 0.480 e. The lowest BCUT2D eigenvalue weighted by molar-refractivity contribution is -0.145. The Bertz CT molecular complexity index is 373. The molecule has 5 heteroatoms. The topological polar surface area (TPSA) is 55.8 Å². The maximum absolute atomic E-state index is 11.6. The van der Waals surface area contributed by atoms with Crippen LogP contribution in [0, 0.1) is 0 Å². The van der Waals surface area contributed by atoms with Crippen molar-refractivity contribution >= 4 is 5.97 Å². The van der Waals surface area contributed by atoms with Gasteiger partial charge in [0.05, 0.1) is 0 Å². The van der Waals surface area contributed by atoms with E-state index in [0.717, 1.165) is 19.4 Å². The molecule has 1 saturated heterocycles. The van der Waals surface area contributed by atoms with E-state index in [0.29, 0.717) is 18.5 Å². The molecule has 2 fully saturated rings. The third kappa shape index (κ3) is 4.41. The van der Waals surface area contributed by atoms with E-state index in [1.165, 1.54) is 19.4 Å². The molecule has 1 aliphatic heterocycles. The van der Waals surface area contributed by atoms with E-state index in [-0.39, 0.29) is 6.04 Å². The summed E-state index contributed by atoms with van der Waals surface area (Å²) in [5.41, 5.74) is -0.809. The molecule has 0 amide bonds. The molecule has 1 heterocycles. The van der Waals surface area contributed by atoms with Crippen LogP contribution >= 0.6 is 0 Å². The summed E-state index contributed by atoms with van der Waals surface area (Å²) < 4.78 is 0. The van der Waals surface area contributed by atoms with Crippen LogP contribution in [-0.2, 0) is 4.79 Å². The Morgan fingerprint density at radius 3 is 2.62 bits per heavy atom. The summed E-state index contributed by atoms with van der Waals surface area (Å²) >= 11 is 0. The third-order valence-electron chi connectivity index (χ3n) is 5.20. The predicted octanol–water partition coefficient (Wildman–Crippen LogP) is 1.39. The Kier molecular flexibility index (Phi) is 5.28. The fourth-order valence-electron chi connectivity index (χ4n) is 3.36. The monoisotopic (exact) mass is 297 g/mol. The quantitative estimate of drug-likeness (QED) is 0.709. The Morgan fingerprint density at radius 1 is 1.48 bits per heavy atom. The average Bonchev–Trinajstić information content (AvgIpc) is 3.12. The predicted molar refractivity (Wildman–Crippen MR) is 84.6 cm³/mol. The number of carbonyl (C=O) groups is 1. The molecule has 0 bridgehead atoms. The van der Waals surface area contributed by atoms with Crippen molar-refractivity contribution in [2.45, 2.75) is 69.6 Å². The van der Waals surface area contributed by atoms with Gasteiger partial charge >= 0.3 is 5.97 Å². The molecule has 21 heavy (non-hydrogen) atoms. The van der Waals surface area contributed by atoms with Crippen LogP contribution in [0.5, 0.6) is 0 Å². The van der Waals surface area contributed by atoms with E-state index in [9.17, 15) is 9.90 Å². The first-order chi connectivity index (χ1) is 9.82. The van der Waals surface area contributed by atoms with E-state index in [1.807, 2.05) is 6.92 Å². The van der Waals surface area contributed by atoms with E-state index in [4.69, 9.17) is 0 Å². The average molecular weight is 297 g/mol. The molecule has 0 radical (unpaired) electrons. The summed E-state index contributed by atoms with van der Waals surface area (Å²) in [7, 11) is 4.31. The lowest BCUT2D eigenvalue weighted by Gasteiger charge is -2.35. The van der Waals surface area contributed by atoms with Crippen molar-refractivity contribution in [1.82, 2.24) is 15.1 Å². The zero-order valence-corrected chi connectivity index (χ0v) is 13.9. The Labute approximate surface area is 128 Å². The standard InChI is InChI=1S/C16H31N3O2/c1-12(19(4)11-14-6-5-9-18(14)3)10-16(2,15(20)21)17-13-7-8-13/h12-14,17H,5-11H2,1-4H3,(H,20,21). The number of hydrogen-bond acceptors (Lipinski definition) is 4. The van der Waals surface area contributed by atoms with Gasteiger partial charge in [0.1, 0.15) is 5.54 Å². The lowest BCUT2D eigenvalue weighted by atomic mass is 9.92. The Hall–Kier alpha value is -0.650. The molecule has 2 aliphatic rings. The molecule has 0 aromatic heterocycles. The highest BCUT2D eigenvalue weighted by Crippen LogP contribution is 2.26. The summed E-state index contributed by atoms with van der Waals surface area (Å²) in [4.78, 5) is 16.4. The van der Waals surface area contributed by atoms with Crippen LogP contribution in [0.3, 0.4) is 0 Å². The van der Waals surface area contributed by atoms with Crippen LogP contribution < -0.4 is 5.32 Å². The molecule has 1 aliphatic carbocycles. The number of hydrogen-bond donors (Lipinski definition) is 2. The normalized spacial score (nSPS) is 27.8. The van der Waals surface area contributed by atoms with Crippen molar-refractivity contribution in [3.05, 3.63) is 0 Å². The molecule has 5 nitrogen and oxygen atoms in total. The highest BCUT2D eigenvalue weighted by atomic mass is 16.4. The number of carboxylic acids is 1. The van der Waals surface area contributed by atoms with Crippen molar-refractivity contribution in [2.24, 2.45) is 0 Å². The zero-order valence-electron chi connectivity index (χ0n) is 13.9. The van der Waals surface area contributed by atoms with Crippen LogP contribution in [0.15, 0.2) is 0 Å². The van der Waals surface area contributed by atoms with E-state index >= 15 is 0 Å². The van der Waals surface area contributed by atoms with Gasteiger partial charge in [-0.1, -0.05) is 0 Å². The second kappa shape index (κ2) is 6.63. The van der Waals surface area contributed by atoms with Gasteiger partial charge in [0.2, 0.25) is 0 Å². The number of aliphatic carboxylic acids is 1. The van der Waals surface area contributed by atoms with Gasteiger partial charge in [-0.25, -0.2) is 0 Å². The molecular formula is C16H31N3O2. The number of likely N-dealkylation sites (N-methyl/N-ethyl adjacent to an activating group) is 2. The third-order valence-corrected chi connectivity index (χ3v) is 5.20. The Morgan fingerprint density at radius 2 is 2.14 bits per heavy atom. The molecule has 1 saturated carbocycles. The smallest absolute Gasteiger partial charge is 0.323 e. The van der Waals surface area contributed by atoms with Crippen molar-refractivity contribution in [3.63, 3.8) is 0 Å². The molecule has 3 unspecified atom stereocenters. The number of rotatable bonds is 8. The summed E-state index contributed by atoms with van der Waals surface area (Å²) in [5, 5.41) is 12.9. The first kappa shape index (κ1) is 16.7. The molecule has 2 N–H and O–H groups in total. The molecule has 0 aromatic rings. The van der Waals surface area contributed by atoms with E-state index in [2.05, 4.69) is 36.1 Å². The lowest BCUT2D eigenvalue weighted by Crippen LogP contribution is -2.54. The highest BCUT2D eigenvalue weighted by Gasteiger charge is 2.40. The zero-order chi connectivity index (χ0) is 15.6. The van der Waals surface area contributed by atoms with Gasteiger partial charge in [-0.05, 0) is 66.6 Å². The summed E-state index contributed by atoms with van der Waals surface area (Å²) in [6.07, 6.45) is 5.40. The maximum atomic E-state index is 11.6. The Balaban J connectivity index is 1.87. The minimum absolute atomic E-state index is 0.256. The van der Waals surface area contributed by atoms with Crippen LogP contribution in [-0.4, -0.2) is 71.7 Å². The van der Waals surface area contributed by atoms with Crippen molar-refractivity contribution < 1.29 is 9.90 Å². The first-order valence-corrected chi connectivity index (χ1v) is 8.23. The molecule has 122 valence electrons. The molecular weight excluding hydrogens is 266 g/mol. The summed E-state index contributed by atoms with van der Waals surface area (Å²) in [6, 6.07) is 1.28. The van der Waals surface area contributed by atoms with Gasteiger partial charge in [0, 0.05) is 24.7 Å². The number of carboxylic acid groups (broad SMARTS) is 1. The van der Waals surface area contributed by atoms with Crippen molar-refractivity contribution in [1.29, 1.82) is 0 Å². The fraction of sp³-hybridized carbons (Fsp3) is 0.938. The van der Waals surface area contributed by atoms with Gasteiger partial charge < -0.3 is 14.9 Å². The fourth-order valence-corrected chi connectivity index (χ4v) is 3.36.